The smallest absolute Gasteiger partial charge is 0.240 e. The first kappa shape index (κ1) is 13.0. The number of nitrogens with zero attached hydrogens (tertiary/aromatic N) is 1. The highest BCUT2D eigenvalue weighted by Gasteiger charge is 2.26. The number of para-hydroxylation sites is 2. The molecule has 5 heteroatoms. The molecule has 0 radical (unpaired) electrons. The number of benzene rings is 1. The van der Waals surface area contributed by atoms with Crippen molar-refractivity contribution in [2.24, 2.45) is 5.92 Å². The van der Waals surface area contributed by atoms with Gasteiger partial charge in [0.25, 0.3) is 0 Å². The van der Waals surface area contributed by atoms with Crippen LogP contribution in [0.4, 0.5) is 5.69 Å². The summed E-state index contributed by atoms with van der Waals surface area (Å²) >= 11 is 0. The van der Waals surface area contributed by atoms with Crippen molar-refractivity contribution in [1.82, 2.24) is 5.32 Å². The van der Waals surface area contributed by atoms with Gasteiger partial charge in [-0.15, -0.1) is 0 Å². The zero-order valence-corrected chi connectivity index (χ0v) is 11.3. The number of anilines is 1. The van der Waals surface area contributed by atoms with Crippen molar-refractivity contribution in [1.29, 1.82) is 0 Å². The van der Waals surface area contributed by atoms with Gasteiger partial charge in [-0.25, -0.2) is 0 Å². The normalized spacial score (nSPS) is 18.0. The van der Waals surface area contributed by atoms with Crippen LogP contribution in [0.1, 0.15) is 19.3 Å². The molecule has 1 N–H and O–H groups in total. The van der Waals surface area contributed by atoms with Crippen molar-refractivity contribution in [2.45, 2.75) is 19.3 Å². The summed E-state index contributed by atoms with van der Waals surface area (Å²) in [6.45, 7) is 1.14. The monoisotopic (exact) mass is 274 g/mol. The minimum absolute atomic E-state index is 0.0614. The number of rotatable bonds is 4. The van der Waals surface area contributed by atoms with E-state index in [1.165, 1.54) is 17.7 Å². The highest BCUT2D eigenvalue weighted by atomic mass is 16.5. The number of fused-ring (bicyclic) bond motifs is 1. The highest BCUT2D eigenvalue weighted by molar-refractivity contribution is 6.00. The van der Waals surface area contributed by atoms with Gasteiger partial charge in [-0.1, -0.05) is 12.1 Å². The molecule has 20 heavy (non-hydrogen) atoms. The summed E-state index contributed by atoms with van der Waals surface area (Å²) in [5.41, 5.74) is 0.677. The maximum absolute atomic E-state index is 12.1. The van der Waals surface area contributed by atoms with Gasteiger partial charge in [0.05, 0.1) is 18.7 Å². The summed E-state index contributed by atoms with van der Waals surface area (Å²) in [5, 5.41) is 2.89. The summed E-state index contributed by atoms with van der Waals surface area (Å²) in [6, 6.07) is 7.34. The minimum Gasteiger partial charge on any atom is -0.491 e. The quantitative estimate of drug-likeness (QED) is 0.901. The Balaban J connectivity index is 1.71. The Bertz CT molecular complexity index is 526. The molecule has 1 aliphatic heterocycles. The molecule has 3 rings (SSSR count). The molecule has 1 saturated carbocycles. The van der Waals surface area contributed by atoms with E-state index in [9.17, 15) is 9.59 Å². The molecule has 0 saturated heterocycles. The van der Waals surface area contributed by atoms with Gasteiger partial charge >= 0.3 is 0 Å². The zero-order valence-electron chi connectivity index (χ0n) is 11.3. The number of hydrogen-bond acceptors (Lipinski definition) is 3. The molecule has 1 aromatic carbocycles. The van der Waals surface area contributed by atoms with Gasteiger partial charge in [0.15, 0.2) is 0 Å². The largest absolute Gasteiger partial charge is 0.491 e. The third kappa shape index (κ3) is 2.92. The van der Waals surface area contributed by atoms with E-state index in [-0.39, 0.29) is 18.4 Å². The van der Waals surface area contributed by atoms with E-state index in [0.29, 0.717) is 30.4 Å². The van der Waals surface area contributed by atoms with Crippen LogP contribution in [0.2, 0.25) is 0 Å². The van der Waals surface area contributed by atoms with Gasteiger partial charge < -0.3 is 10.1 Å². The lowest BCUT2D eigenvalue weighted by Gasteiger charge is -2.21. The predicted octanol–water partition coefficient (Wildman–Crippen LogP) is 1.33. The Morgan fingerprint density at radius 3 is 2.95 bits per heavy atom. The first-order chi connectivity index (χ1) is 9.74. The SMILES string of the molecule is O=C(CN1C(=O)CCOc2ccccc21)NCC1CC1. The van der Waals surface area contributed by atoms with Crippen LogP contribution < -0.4 is 15.0 Å². The molecule has 0 atom stereocenters. The fraction of sp³-hybridized carbons (Fsp3) is 0.467. The second kappa shape index (κ2) is 5.53. The maximum Gasteiger partial charge on any atom is 0.240 e. The molecule has 2 amide bonds. The van der Waals surface area contributed by atoms with Crippen molar-refractivity contribution < 1.29 is 14.3 Å². The summed E-state index contributed by atoms with van der Waals surface area (Å²) < 4.78 is 5.54. The lowest BCUT2D eigenvalue weighted by atomic mass is 10.2. The Hall–Kier alpha value is -2.04. The van der Waals surface area contributed by atoms with Gasteiger partial charge in [0, 0.05) is 6.54 Å². The second-order valence-electron chi connectivity index (χ2n) is 5.29. The van der Waals surface area contributed by atoms with Crippen LogP contribution in [-0.4, -0.2) is 31.5 Å². The topological polar surface area (TPSA) is 58.6 Å². The molecule has 1 aromatic rings. The van der Waals surface area contributed by atoms with Crippen molar-refractivity contribution in [2.75, 3.05) is 24.6 Å². The molecule has 0 bridgehead atoms. The molecular formula is C15H18N2O3. The van der Waals surface area contributed by atoms with E-state index in [4.69, 9.17) is 4.74 Å². The van der Waals surface area contributed by atoms with Crippen LogP contribution in [0.5, 0.6) is 5.75 Å². The molecule has 1 aliphatic carbocycles. The highest BCUT2D eigenvalue weighted by Crippen LogP contribution is 2.31. The Morgan fingerprint density at radius 1 is 1.35 bits per heavy atom. The first-order valence-corrected chi connectivity index (χ1v) is 7.03. The molecule has 2 aliphatic rings. The van der Waals surface area contributed by atoms with Gasteiger partial charge in [0.1, 0.15) is 12.3 Å². The molecule has 0 spiro atoms. The van der Waals surface area contributed by atoms with Crippen LogP contribution in [0.15, 0.2) is 24.3 Å². The van der Waals surface area contributed by atoms with Gasteiger partial charge in [-0.3, -0.25) is 14.5 Å². The fourth-order valence-corrected chi connectivity index (χ4v) is 2.27. The Kier molecular flexibility index (Phi) is 3.58. The number of nitrogens with one attached hydrogen (secondary N) is 1. The van der Waals surface area contributed by atoms with Crippen molar-refractivity contribution in [3.8, 4) is 5.75 Å². The second-order valence-corrected chi connectivity index (χ2v) is 5.29. The average Bonchev–Trinajstić information content (AvgIpc) is 3.27. The van der Waals surface area contributed by atoms with E-state index >= 15 is 0 Å². The number of carbonyl (C=O) groups excluding carboxylic acids is 2. The van der Waals surface area contributed by atoms with Gasteiger partial charge in [-0.05, 0) is 30.9 Å². The van der Waals surface area contributed by atoms with Crippen molar-refractivity contribution >= 4 is 17.5 Å². The van der Waals surface area contributed by atoms with Crippen LogP contribution in [0, 0.1) is 5.92 Å². The lowest BCUT2D eigenvalue weighted by molar-refractivity contribution is -0.124. The first-order valence-electron chi connectivity index (χ1n) is 7.03. The lowest BCUT2D eigenvalue weighted by Crippen LogP contribution is -2.41. The molecule has 0 unspecified atom stereocenters. The van der Waals surface area contributed by atoms with E-state index in [2.05, 4.69) is 5.32 Å². The average molecular weight is 274 g/mol. The Morgan fingerprint density at radius 2 is 2.15 bits per heavy atom. The Labute approximate surface area is 117 Å². The van der Waals surface area contributed by atoms with Gasteiger partial charge in [0.2, 0.25) is 11.8 Å². The fourth-order valence-electron chi connectivity index (χ4n) is 2.27. The molecule has 1 fully saturated rings. The van der Waals surface area contributed by atoms with E-state index in [1.54, 1.807) is 0 Å². The van der Waals surface area contributed by atoms with Crippen LogP contribution in [0.3, 0.4) is 0 Å². The molecule has 0 aromatic heterocycles. The molecule has 5 nitrogen and oxygen atoms in total. The van der Waals surface area contributed by atoms with Crippen LogP contribution in [-0.2, 0) is 9.59 Å². The molecule has 1 heterocycles. The van der Waals surface area contributed by atoms with Crippen molar-refractivity contribution in [3.63, 3.8) is 0 Å². The third-order valence-electron chi connectivity index (χ3n) is 3.62. The van der Waals surface area contributed by atoms with Crippen LogP contribution in [0.25, 0.3) is 0 Å². The standard InChI is InChI=1S/C15H18N2O3/c18-14(16-9-11-5-6-11)10-17-12-3-1-2-4-13(12)20-8-7-15(17)19/h1-4,11H,5-10H2,(H,16,18). The number of carbonyl (C=O) groups is 2. The van der Waals surface area contributed by atoms with Crippen molar-refractivity contribution in [3.05, 3.63) is 24.3 Å². The van der Waals surface area contributed by atoms with E-state index in [1.807, 2.05) is 24.3 Å². The predicted molar refractivity (Wildman–Crippen MR) is 74.6 cm³/mol. The van der Waals surface area contributed by atoms with E-state index < -0.39 is 0 Å². The summed E-state index contributed by atoms with van der Waals surface area (Å²) in [4.78, 5) is 25.6. The molecular weight excluding hydrogens is 256 g/mol. The third-order valence-corrected chi connectivity index (χ3v) is 3.62. The van der Waals surface area contributed by atoms with Crippen LogP contribution >= 0.6 is 0 Å². The summed E-state index contributed by atoms with van der Waals surface area (Å²) in [6.07, 6.45) is 2.68. The number of hydrogen-bond donors (Lipinski definition) is 1. The zero-order chi connectivity index (χ0) is 13.9. The maximum atomic E-state index is 12.1. The number of ether oxygens (including phenoxy) is 1. The summed E-state index contributed by atoms with van der Waals surface area (Å²) in [7, 11) is 0. The summed E-state index contributed by atoms with van der Waals surface area (Å²) in [5.74, 6) is 1.11. The minimum atomic E-state index is -0.109. The van der Waals surface area contributed by atoms with E-state index in [0.717, 1.165) is 6.54 Å². The van der Waals surface area contributed by atoms with Gasteiger partial charge in [-0.2, -0.15) is 0 Å². The molecule has 106 valence electrons. The number of amides is 2.